The Morgan fingerprint density at radius 1 is 0.969 bits per heavy atom. The monoisotopic (exact) mass is 920 g/mol. The molecule has 1 amide bonds. The number of carbonyl (C=O) groups excluding carboxylic acids is 1. The molecule has 13 nitrogen and oxygen atoms in total. The molecule has 2 aliphatic carbocycles. The molecule has 0 spiro atoms. The standard InChI is InChI=1S/C50H57ClN6O7S/c1-49(2)15-11-32(12-16-49)36-24-42-44(57(59)60)26-40(27-45(42)63-31-36)65(61,62)54-48(58)41-10-9-38(25-46(41)64-39-23-34-14-18-52-47(34)53-29-39)56-21-19-55(20-22-56)30-35-13-17-50(3,4)28-43(35)33-5-7-37(51)8-6-33/h5-10,14,18,23,25-27,29,32,36H,11-13,15-17,19-22,24,28,30-31H2,1-4H3,(H,52,53)(H,54,58)/t36-/m0/s1. The Kier molecular flexibility index (Phi) is 12.2. The number of amides is 1. The molecular formula is C50H57ClN6O7S. The van der Waals surface area contributed by atoms with Gasteiger partial charge in [0.2, 0.25) is 0 Å². The zero-order chi connectivity index (χ0) is 45.7. The van der Waals surface area contributed by atoms with Gasteiger partial charge in [0.1, 0.15) is 22.9 Å². The van der Waals surface area contributed by atoms with Gasteiger partial charge in [0.15, 0.2) is 0 Å². The van der Waals surface area contributed by atoms with Gasteiger partial charge in [0.25, 0.3) is 21.6 Å². The second-order valence-corrected chi connectivity index (χ2v) is 22.1. The van der Waals surface area contributed by atoms with E-state index in [0.29, 0.717) is 35.9 Å². The van der Waals surface area contributed by atoms with E-state index in [4.69, 9.17) is 21.1 Å². The number of anilines is 1. The number of allylic oxidation sites excluding steroid dienone is 1. The van der Waals surface area contributed by atoms with Crippen LogP contribution in [-0.2, 0) is 16.4 Å². The van der Waals surface area contributed by atoms with Crippen LogP contribution < -0.4 is 19.1 Å². The highest BCUT2D eigenvalue weighted by Crippen LogP contribution is 2.46. The number of pyridine rings is 1. The number of hydrogen-bond acceptors (Lipinski definition) is 10. The number of benzene rings is 3. The molecule has 0 bridgehead atoms. The van der Waals surface area contributed by atoms with Gasteiger partial charge in [-0.25, -0.2) is 18.1 Å². The van der Waals surface area contributed by atoms with Crippen molar-refractivity contribution in [2.45, 2.75) is 84.0 Å². The van der Waals surface area contributed by atoms with E-state index >= 15 is 0 Å². The zero-order valence-electron chi connectivity index (χ0n) is 37.5. The van der Waals surface area contributed by atoms with Crippen LogP contribution in [0.2, 0.25) is 5.02 Å². The van der Waals surface area contributed by atoms with E-state index in [1.807, 2.05) is 18.2 Å². The van der Waals surface area contributed by atoms with Crippen molar-refractivity contribution in [2.75, 3.05) is 44.2 Å². The van der Waals surface area contributed by atoms with Crippen molar-refractivity contribution in [2.24, 2.45) is 22.7 Å². The number of nitro benzene ring substituents is 1. The van der Waals surface area contributed by atoms with Crippen LogP contribution in [0.1, 0.15) is 94.1 Å². The Morgan fingerprint density at radius 2 is 1.72 bits per heavy atom. The van der Waals surface area contributed by atoms with Crippen LogP contribution in [-0.4, -0.2) is 73.4 Å². The molecule has 1 saturated heterocycles. The molecule has 2 fully saturated rings. The highest BCUT2D eigenvalue weighted by molar-refractivity contribution is 7.90. The third kappa shape index (κ3) is 9.90. The topological polar surface area (TPSA) is 160 Å². The van der Waals surface area contributed by atoms with Crippen molar-refractivity contribution < 1.29 is 27.6 Å². The number of nitrogens with one attached hydrogen (secondary N) is 2. The Bertz CT molecular complexity index is 2770. The van der Waals surface area contributed by atoms with Gasteiger partial charge in [-0.2, -0.15) is 0 Å². The Balaban J connectivity index is 0.940. The summed E-state index contributed by atoms with van der Waals surface area (Å²) >= 11 is 6.25. The average Bonchev–Trinajstić information content (AvgIpc) is 3.75. The molecule has 0 radical (unpaired) electrons. The van der Waals surface area contributed by atoms with E-state index in [1.165, 1.54) is 29.0 Å². The van der Waals surface area contributed by atoms with E-state index in [9.17, 15) is 23.3 Å². The molecule has 2 aliphatic heterocycles. The number of fused-ring (bicyclic) bond motifs is 2. The van der Waals surface area contributed by atoms with Gasteiger partial charge in [0.05, 0.1) is 33.7 Å². The molecule has 15 heteroatoms. The van der Waals surface area contributed by atoms with E-state index in [2.05, 4.69) is 64.3 Å². The number of nitro groups is 1. The fourth-order valence-electron chi connectivity index (χ4n) is 10.2. The Hall–Kier alpha value is -5.44. The van der Waals surface area contributed by atoms with E-state index in [1.54, 1.807) is 30.5 Å². The Morgan fingerprint density at radius 3 is 2.46 bits per heavy atom. The third-order valence-electron chi connectivity index (χ3n) is 14.2. The van der Waals surface area contributed by atoms with Gasteiger partial charge in [-0.1, -0.05) is 57.0 Å². The minimum Gasteiger partial charge on any atom is -0.493 e. The minimum absolute atomic E-state index is 0.0331. The third-order valence-corrected chi connectivity index (χ3v) is 15.8. The first kappa shape index (κ1) is 44.7. The molecule has 5 aromatic rings. The number of ether oxygens (including phenoxy) is 2. The van der Waals surface area contributed by atoms with E-state index < -0.39 is 25.7 Å². The number of rotatable bonds is 11. The summed E-state index contributed by atoms with van der Waals surface area (Å²) in [5, 5.41) is 14.0. The summed E-state index contributed by atoms with van der Waals surface area (Å²) < 4.78 is 42.6. The van der Waals surface area contributed by atoms with Gasteiger partial charge < -0.3 is 19.4 Å². The van der Waals surface area contributed by atoms with E-state index in [-0.39, 0.29) is 39.5 Å². The summed E-state index contributed by atoms with van der Waals surface area (Å²) in [4.78, 5) is 37.8. The molecule has 2 aromatic heterocycles. The maximum Gasteiger partial charge on any atom is 0.277 e. The number of sulfonamides is 1. The van der Waals surface area contributed by atoms with Crippen molar-refractivity contribution >= 4 is 55.5 Å². The number of H-pyrrole nitrogens is 1. The van der Waals surface area contributed by atoms with Crippen molar-refractivity contribution in [1.82, 2.24) is 19.6 Å². The summed E-state index contributed by atoms with van der Waals surface area (Å²) in [6, 6.07) is 19.3. The van der Waals surface area contributed by atoms with Gasteiger partial charge in [-0.05, 0) is 116 Å². The van der Waals surface area contributed by atoms with Crippen molar-refractivity contribution in [3.05, 3.63) is 117 Å². The zero-order valence-corrected chi connectivity index (χ0v) is 39.1. The normalized spacial score (nSPS) is 20.3. The number of nitrogens with zero attached hydrogens (tertiary/aromatic N) is 4. The Labute approximate surface area is 385 Å². The summed E-state index contributed by atoms with van der Waals surface area (Å²) in [7, 11) is -4.62. The summed E-state index contributed by atoms with van der Waals surface area (Å²) in [5.41, 5.74) is 6.11. The van der Waals surface area contributed by atoms with Crippen LogP contribution in [0.3, 0.4) is 0 Å². The summed E-state index contributed by atoms with van der Waals surface area (Å²) in [6.45, 7) is 13.5. The largest absolute Gasteiger partial charge is 0.493 e. The molecule has 1 saturated carbocycles. The van der Waals surface area contributed by atoms with Crippen LogP contribution in [0.4, 0.5) is 11.4 Å². The van der Waals surface area contributed by atoms with Gasteiger partial charge in [-0.3, -0.25) is 19.8 Å². The molecule has 342 valence electrons. The van der Waals surface area contributed by atoms with Gasteiger partial charge in [0, 0.05) is 79.1 Å². The number of carbonyl (C=O) groups is 1. The van der Waals surface area contributed by atoms with Crippen molar-refractivity contribution in [3.8, 4) is 17.2 Å². The second kappa shape index (κ2) is 17.7. The average molecular weight is 922 g/mol. The van der Waals surface area contributed by atoms with Crippen LogP contribution in [0.25, 0.3) is 16.6 Å². The highest BCUT2D eigenvalue weighted by Gasteiger charge is 2.38. The molecule has 0 unspecified atom stereocenters. The number of piperazine rings is 1. The maximum atomic E-state index is 14.1. The predicted molar refractivity (Wildman–Crippen MR) is 253 cm³/mol. The fourth-order valence-corrected chi connectivity index (χ4v) is 11.3. The molecule has 3 aromatic carbocycles. The second-order valence-electron chi connectivity index (χ2n) is 19.9. The number of halogens is 1. The van der Waals surface area contributed by atoms with Crippen molar-refractivity contribution in [1.29, 1.82) is 0 Å². The van der Waals surface area contributed by atoms with Crippen LogP contribution in [0.5, 0.6) is 17.2 Å². The SMILES string of the molecule is CC1(C)CCC([C@@H]2COc3cc(S(=O)(=O)NC(=O)c4ccc(N5CCN(CC6=C(c7ccc(Cl)cc7)CC(C)(C)CC6)CC5)cc4Oc4cnc5[nH]ccc5c4)cc([N+](=O)[O-])c3C2)CC1. The number of aromatic nitrogens is 2. The first-order chi connectivity index (χ1) is 31.0. The smallest absolute Gasteiger partial charge is 0.277 e. The molecule has 4 heterocycles. The van der Waals surface area contributed by atoms with Gasteiger partial charge in [-0.15, -0.1) is 0 Å². The molecule has 9 rings (SSSR count). The first-order valence-electron chi connectivity index (χ1n) is 22.7. The van der Waals surface area contributed by atoms with Crippen LogP contribution in [0.15, 0.2) is 89.6 Å². The lowest BCUT2D eigenvalue weighted by Gasteiger charge is -2.39. The quantitative estimate of drug-likeness (QED) is 0.0964. The molecule has 65 heavy (non-hydrogen) atoms. The maximum absolute atomic E-state index is 14.1. The molecule has 1 atom stereocenters. The van der Waals surface area contributed by atoms with Crippen LogP contribution in [0, 0.1) is 32.8 Å². The molecule has 2 N–H and O–H groups in total. The predicted octanol–water partition coefficient (Wildman–Crippen LogP) is 10.6. The van der Waals surface area contributed by atoms with Gasteiger partial charge >= 0.3 is 0 Å². The highest BCUT2D eigenvalue weighted by atomic mass is 35.5. The lowest BCUT2D eigenvalue weighted by atomic mass is 9.68. The minimum atomic E-state index is -4.62. The summed E-state index contributed by atoms with van der Waals surface area (Å²) in [6.07, 6.45) is 11.1. The lowest BCUT2D eigenvalue weighted by molar-refractivity contribution is -0.386. The number of hydrogen-bond donors (Lipinski definition) is 2. The lowest BCUT2D eigenvalue weighted by Crippen LogP contribution is -2.47. The van der Waals surface area contributed by atoms with E-state index in [0.717, 1.165) is 99.8 Å². The van der Waals surface area contributed by atoms with Crippen molar-refractivity contribution in [3.63, 3.8) is 0 Å². The first-order valence-corrected chi connectivity index (χ1v) is 24.6. The summed E-state index contributed by atoms with van der Waals surface area (Å²) in [5.74, 6) is 0.163. The molecule has 4 aliphatic rings. The number of aromatic amines is 1. The molecular weight excluding hydrogens is 864 g/mol. The fraction of sp³-hybridized carbons (Fsp3) is 0.440. The van der Waals surface area contributed by atoms with Crippen LogP contribution >= 0.6 is 11.6 Å².